The molecule has 2 heterocycles. The van der Waals surface area contributed by atoms with Crippen LogP contribution in [0.25, 0.3) is 0 Å². The van der Waals surface area contributed by atoms with Gasteiger partial charge < -0.3 is 5.11 Å². The third-order valence-corrected chi connectivity index (χ3v) is 3.14. The van der Waals surface area contributed by atoms with E-state index in [0.717, 1.165) is 4.57 Å². The summed E-state index contributed by atoms with van der Waals surface area (Å²) in [4.78, 5) is 25.2. The van der Waals surface area contributed by atoms with E-state index >= 15 is 0 Å². The molecule has 0 spiro atoms. The minimum atomic E-state index is -0.640. The van der Waals surface area contributed by atoms with Crippen molar-refractivity contribution in [2.24, 2.45) is 14.1 Å². The summed E-state index contributed by atoms with van der Waals surface area (Å²) in [6.45, 7) is 3.41. The quantitative estimate of drug-likeness (QED) is 0.693. The predicted molar refractivity (Wildman–Crippen MR) is 62.8 cm³/mol. The molecule has 1 aliphatic rings. The zero-order chi connectivity index (χ0) is 12.8. The van der Waals surface area contributed by atoms with Crippen molar-refractivity contribution in [2.75, 3.05) is 13.1 Å². The number of hydrogen-bond donors (Lipinski definition) is 1. The highest BCUT2D eigenvalue weighted by Gasteiger charge is 2.36. The second-order valence-electron chi connectivity index (χ2n) is 5.02. The summed E-state index contributed by atoms with van der Waals surface area (Å²) in [5.41, 5.74) is -0.581. The Balaban J connectivity index is 2.24. The number of aliphatic hydroxyl groups is 1. The van der Waals surface area contributed by atoms with Gasteiger partial charge in [-0.15, -0.1) is 0 Å². The number of aromatic nitrogens is 2. The average molecular weight is 239 g/mol. The highest BCUT2D eigenvalue weighted by atomic mass is 16.3. The Kier molecular flexibility index (Phi) is 2.71. The summed E-state index contributed by atoms with van der Waals surface area (Å²) < 4.78 is 2.55. The standard InChI is InChI=1S/C11H17N3O3/c1-11(17)6-14(7-11)5-8-4-9(15)13(3)10(16)12(8)2/h4,17H,5-7H2,1-3H3. The molecule has 1 N–H and O–H groups in total. The van der Waals surface area contributed by atoms with Crippen molar-refractivity contribution in [3.8, 4) is 0 Å². The Labute approximate surface area is 98.7 Å². The first-order valence-corrected chi connectivity index (χ1v) is 5.51. The zero-order valence-corrected chi connectivity index (χ0v) is 10.3. The molecule has 0 amide bonds. The number of nitrogens with zero attached hydrogens (tertiary/aromatic N) is 3. The van der Waals surface area contributed by atoms with Gasteiger partial charge in [-0.1, -0.05) is 0 Å². The summed E-state index contributed by atoms with van der Waals surface area (Å²) in [6.07, 6.45) is 0. The Morgan fingerprint density at radius 3 is 2.41 bits per heavy atom. The number of hydrogen-bond acceptors (Lipinski definition) is 4. The summed E-state index contributed by atoms with van der Waals surface area (Å²) in [5, 5.41) is 9.61. The molecule has 1 fully saturated rings. The molecule has 1 aromatic heterocycles. The Bertz CT molecular complexity index is 548. The molecule has 1 aliphatic heterocycles. The molecule has 0 radical (unpaired) electrons. The summed E-state index contributed by atoms with van der Waals surface area (Å²) in [6, 6.07) is 1.47. The van der Waals surface area contributed by atoms with E-state index in [4.69, 9.17) is 0 Å². The first-order chi connectivity index (χ1) is 7.80. The lowest BCUT2D eigenvalue weighted by atomic mass is 9.97. The second kappa shape index (κ2) is 3.82. The van der Waals surface area contributed by atoms with E-state index in [9.17, 15) is 14.7 Å². The number of likely N-dealkylation sites (tertiary alicyclic amines) is 1. The van der Waals surface area contributed by atoms with E-state index in [2.05, 4.69) is 0 Å². The maximum atomic E-state index is 11.7. The van der Waals surface area contributed by atoms with Gasteiger partial charge in [0.05, 0.1) is 5.60 Å². The van der Waals surface area contributed by atoms with Gasteiger partial charge >= 0.3 is 5.69 Å². The predicted octanol–water partition coefficient (Wildman–Crippen LogP) is -1.35. The molecule has 0 saturated carbocycles. The van der Waals surface area contributed by atoms with Gasteiger partial charge in [0.2, 0.25) is 0 Å². The van der Waals surface area contributed by atoms with Crippen molar-refractivity contribution >= 4 is 0 Å². The molecule has 0 aliphatic carbocycles. The second-order valence-corrected chi connectivity index (χ2v) is 5.02. The van der Waals surface area contributed by atoms with Crippen LogP contribution in [-0.4, -0.2) is 37.8 Å². The maximum Gasteiger partial charge on any atom is 0.330 e. The minimum Gasteiger partial charge on any atom is -0.388 e. The van der Waals surface area contributed by atoms with Crippen LogP contribution in [0, 0.1) is 0 Å². The van der Waals surface area contributed by atoms with E-state index < -0.39 is 5.60 Å². The molecule has 6 heteroatoms. The van der Waals surface area contributed by atoms with E-state index in [1.807, 2.05) is 4.90 Å². The minimum absolute atomic E-state index is 0.296. The van der Waals surface area contributed by atoms with Crippen LogP contribution in [0.5, 0.6) is 0 Å². The monoisotopic (exact) mass is 239 g/mol. The van der Waals surface area contributed by atoms with Crippen molar-refractivity contribution < 1.29 is 5.11 Å². The third-order valence-electron chi connectivity index (χ3n) is 3.14. The first-order valence-electron chi connectivity index (χ1n) is 5.51. The van der Waals surface area contributed by atoms with E-state index in [1.165, 1.54) is 17.7 Å². The first kappa shape index (κ1) is 12.1. The van der Waals surface area contributed by atoms with Gasteiger partial charge in [-0.25, -0.2) is 4.79 Å². The van der Waals surface area contributed by atoms with Crippen molar-refractivity contribution in [3.63, 3.8) is 0 Å². The fourth-order valence-corrected chi connectivity index (χ4v) is 2.19. The molecule has 0 bridgehead atoms. The summed E-state index contributed by atoms with van der Waals surface area (Å²) in [7, 11) is 3.11. The molecular weight excluding hydrogens is 222 g/mol. The fourth-order valence-electron chi connectivity index (χ4n) is 2.19. The lowest BCUT2D eigenvalue weighted by Crippen LogP contribution is -2.59. The molecule has 2 rings (SSSR count). The van der Waals surface area contributed by atoms with Gasteiger partial charge in [0.25, 0.3) is 5.56 Å². The third kappa shape index (κ3) is 2.18. The highest BCUT2D eigenvalue weighted by molar-refractivity contribution is 5.04. The van der Waals surface area contributed by atoms with Crippen LogP contribution in [0.4, 0.5) is 0 Å². The van der Waals surface area contributed by atoms with Gasteiger partial charge in [-0.05, 0) is 6.92 Å². The van der Waals surface area contributed by atoms with Crippen LogP contribution >= 0.6 is 0 Å². The van der Waals surface area contributed by atoms with Crippen LogP contribution in [0.15, 0.2) is 15.7 Å². The van der Waals surface area contributed by atoms with E-state index in [1.54, 1.807) is 14.0 Å². The topological polar surface area (TPSA) is 67.5 Å². The van der Waals surface area contributed by atoms with Crippen molar-refractivity contribution in [3.05, 3.63) is 32.6 Å². The van der Waals surface area contributed by atoms with Crippen LogP contribution in [0.1, 0.15) is 12.6 Å². The lowest BCUT2D eigenvalue weighted by molar-refractivity contribution is -0.0879. The molecular formula is C11H17N3O3. The average Bonchev–Trinajstić information content (AvgIpc) is 2.20. The van der Waals surface area contributed by atoms with Gasteiger partial charge in [0.15, 0.2) is 0 Å². The van der Waals surface area contributed by atoms with Crippen LogP contribution in [0.2, 0.25) is 0 Å². The Morgan fingerprint density at radius 1 is 1.29 bits per heavy atom. The van der Waals surface area contributed by atoms with E-state index in [0.29, 0.717) is 25.3 Å². The smallest absolute Gasteiger partial charge is 0.330 e. The molecule has 1 aromatic rings. The fraction of sp³-hybridized carbons (Fsp3) is 0.636. The van der Waals surface area contributed by atoms with Crippen LogP contribution < -0.4 is 11.2 Å². The SMILES string of the molecule is Cn1c(CN2CC(C)(O)C2)cc(=O)n(C)c1=O. The number of rotatable bonds is 2. The summed E-state index contributed by atoms with van der Waals surface area (Å²) in [5.74, 6) is 0. The maximum absolute atomic E-state index is 11.7. The molecule has 0 atom stereocenters. The zero-order valence-electron chi connectivity index (χ0n) is 10.3. The van der Waals surface area contributed by atoms with Crippen molar-refractivity contribution in [1.82, 2.24) is 14.0 Å². The Morgan fingerprint density at radius 2 is 1.88 bits per heavy atom. The van der Waals surface area contributed by atoms with Crippen LogP contribution in [-0.2, 0) is 20.6 Å². The van der Waals surface area contributed by atoms with Gasteiger partial charge in [-0.3, -0.25) is 18.8 Å². The van der Waals surface area contributed by atoms with Gasteiger partial charge in [0, 0.05) is 45.5 Å². The van der Waals surface area contributed by atoms with Crippen LogP contribution in [0.3, 0.4) is 0 Å². The largest absolute Gasteiger partial charge is 0.388 e. The molecule has 0 aromatic carbocycles. The van der Waals surface area contributed by atoms with Crippen molar-refractivity contribution in [2.45, 2.75) is 19.1 Å². The summed E-state index contributed by atoms with van der Waals surface area (Å²) >= 11 is 0. The molecule has 0 unspecified atom stereocenters. The normalized spacial score (nSPS) is 19.1. The van der Waals surface area contributed by atoms with Gasteiger partial charge in [0.1, 0.15) is 0 Å². The van der Waals surface area contributed by atoms with Crippen molar-refractivity contribution in [1.29, 1.82) is 0 Å². The van der Waals surface area contributed by atoms with E-state index in [-0.39, 0.29) is 11.2 Å². The molecule has 1 saturated heterocycles. The van der Waals surface area contributed by atoms with Gasteiger partial charge in [-0.2, -0.15) is 0 Å². The molecule has 6 nitrogen and oxygen atoms in total. The Hall–Kier alpha value is -1.40. The molecule has 94 valence electrons. The number of β-amino-alcohol motifs (C(OH)–C–C–N with tert-alkyl or cyclic N) is 1. The lowest BCUT2D eigenvalue weighted by Gasteiger charge is -2.44. The molecule has 17 heavy (non-hydrogen) atoms. The highest BCUT2D eigenvalue weighted by Crippen LogP contribution is 2.21.